The molecule has 2 heterocycles. The molecule has 0 aliphatic carbocycles. The average molecular weight is 237 g/mol. The monoisotopic (exact) mass is 237 g/mol. The van der Waals surface area contributed by atoms with Gasteiger partial charge in [0.15, 0.2) is 0 Å². The van der Waals surface area contributed by atoms with Crippen LogP contribution in [0.1, 0.15) is 13.3 Å². The highest BCUT2D eigenvalue weighted by molar-refractivity contribution is 5.36. The van der Waals surface area contributed by atoms with Crippen LogP contribution in [0.2, 0.25) is 0 Å². The molecule has 1 aromatic heterocycles. The first-order valence-corrected chi connectivity index (χ1v) is 5.66. The molecule has 17 heavy (non-hydrogen) atoms. The molecule has 2 rings (SSSR count). The van der Waals surface area contributed by atoms with Gasteiger partial charge < -0.3 is 10.2 Å². The van der Waals surface area contributed by atoms with E-state index in [1.54, 1.807) is 0 Å². The predicted octanol–water partition coefficient (Wildman–Crippen LogP) is 0.573. The Kier molecular flexibility index (Phi) is 3.48. The van der Waals surface area contributed by atoms with E-state index in [9.17, 15) is 10.1 Å². The van der Waals surface area contributed by atoms with Crippen molar-refractivity contribution in [1.29, 1.82) is 0 Å². The smallest absolute Gasteiger partial charge is 0.305 e. The first-order chi connectivity index (χ1) is 8.22. The van der Waals surface area contributed by atoms with Gasteiger partial charge in [-0.2, -0.15) is 0 Å². The van der Waals surface area contributed by atoms with Gasteiger partial charge in [0, 0.05) is 19.6 Å². The van der Waals surface area contributed by atoms with Crippen molar-refractivity contribution in [3.8, 4) is 0 Å². The fourth-order valence-corrected chi connectivity index (χ4v) is 1.74. The van der Waals surface area contributed by atoms with Crippen LogP contribution >= 0.6 is 0 Å². The molecular weight excluding hydrogens is 222 g/mol. The van der Waals surface area contributed by atoms with Gasteiger partial charge in [0.1, 0.15) is 12.4 Å². The van der Waals surface area contributed by atoms with Gasteiger partial charge in [-0.1, -0.05) is 6.92 Å². The molecule has 1 aliphatic rings. The first kappa shape index (κ1) is 11.7. The lowest BCUT2D eigenvalue weighted by molar-refractivity contribution is -0.385. The molecule has 1 N–H and O–H groups in total. The van der Waals surface area contributed by atoms with Gasteiger partial charge >= 0.3 is 5.69 Å². The molecule has 7 nitrogen and oxygen atoms in total. The van der Waals surface area contributed by atoms with Gasteiger partial charge in [-0.25, -0.2) is 9.97 Å². The fourth-order valence-electron chi connectivity index (χ4n) is 1.74. The van der Waals surface area contributed by atoms with E-state index in [4.69, 9.17) is 0 Å². The molecule has 1 saturated heterocycles. The van der Waals surface area contributed by atoms with Crippen LogP contribution < -0.4 is 10.2 Å². The summed E-state index contributed by atoms with van der Waals surface area (Å²) in [4.78, 5) is 20.3. The van der Waals surface area contributed by atoms with Gasteiger partial charge in [-0.15, -0.1) is 0 Å². The summed E-state index contributed by atoms with van der Waals surface area (Å²) in [5, 5.41) is 13.7. The second-order valence-corrected chi connectivity index (χ2v) is 4.00. The highest BCUT2D eigenvalue weighted by Gasteiger charge is 2.26. The second-order valence-electron chi connectivity index (χ2n) is 4.00. The SMILES string of the molecule is CCCN(c1ncc([N+](=O)[O-])cn1)C1CNC1. The maximum absolute atomic E-state index is 10.5. The Bertz CT molecular complexity index is 390. The number of hydrogen-bond acceptors (Lipinski definition) is 6. The van der Waals surface area contributed by atoms with Crippen molar-refractivity contribution in [2.75, 3.05) is 24.5 Å². The van der Waals surface area contributed by atoms with Crippen molar-refractivity contribution in [3.05, 3.63) is 22.5 Å². The topological polar surface area (TPSA) is 84.2 Å². The second kappa shape index (κ2) is 5.05. The van der Waals surface area contributed by atoms with Gasteiger partial charge in [0.05, 0.1) is 11.0 Å². The van der Waals surface area contributed by atoms with E-state index in [2.05, 4.69) is 27.1 Å². The van der Waals surface area contributed by atoms with Crippen LogP contribution in [0.25, 0.3) is 0 Å². The number of hydrogen-bond donors (Lipinski definition) is 1. The molecule has 0 atom stereocenters. The number of nitro groups is 1. The van der Waals surface area contributed by atoms with Crippen molar-refractivity contribution in [3.63, 3.8) is 0 Å². The molecule has 0 amide bonds. The van der Waals surface area contributed by atoms with E-state index in [0.717, 1.165) is 26.1 Å². The fraction of sp³-hybridized carbons (Fsp3) is 0.600. The van der Waals surface area contributed by atoms with Crippen molar-refractivity contribution >= 4 is 11.6 Å². The minimum Gasteiger partial charge on any atom is -0.335 e. The maximum atomic E-state index is 10.5. The first-order valence-electron chi connectivity index (χ1n) is 5.66. The quantitative estimate of drug-likeness (QED) is 0.595. The molecular formula is C10H15N5O2. The number of rotatable bonds is 5. The highest BCUT2D eigenvalue weighted by atomic mass is 16.6. The number of nitrogens with zero attached hydrogens (tertiary/aromatic N) is 4. The van der Waals surface area contributed by atoms with E-state index < -0.39 is 4.92 Å². The molecule has 7 heteroatoms. The molecule has 1 fully saturated rings. The number of aromatic nitrogens is 2. The van der Waals surface area contributed by atoms with E-state index in [1.807, 2.05) is 0 Å². The summed E-state index contributed by atoms with van der Waals surface area (Å²) in [6.07, 6.45) is 3.52. The third-order valence-electron chi connectivity index (χ3n) is 2.76. The maximum Gasteiger partial charge on any atom is 0.305 e. The van der Waals surface area contributed by atoms with Crippen LogP contribution in [0, 0.1) is 10.1 Å². The Hall–Kier alpha value is -1.76. The summed E-state index contributed by atoms with van der Waals surface area (Å²) in [6.45, 7) is 4.79. The zero-order valence-corrected chi connectivity index (χ0v) is 9.67. The lowest BCUT2D eigenvalue weighted by Gasteiger charge is -2.38. The summed E-state index contributed by atoms with van der Waals surface area (Å²) in [5.41, 5.74) is -0.0723. The van der Waals surface area contributed by atoms with Crippen LogP contribution in [0.15, 0.2) is 12.4 Å². The Labute approximate surface area is 99.0 Å². The van der Waals surface area contributed by atoms with Gasteiger partial charge in [0.25, 0.3) is 0 Å². The normalized spacial score (nSPS) is 15.4. The van der Waals surface area contributed by atoms with E-state index in [-0.39, 0.29) is 5.69 Å². The minimum absolute atomic E-state index is 0.0723. The summed E-state index contributed by atoms with van der Waals surface area (Å²) >= 11 is 0. The molecule has 0 unspecified atom stereocenters. The van der Waals surface area contributed by atoms with Crippen molar-refractivity contribution in [2.45, 2.75) is 19.4 Å². The minimum atomic E-state index is -0.487. The predicted molar refractivity (Wildman–Crippen MR) is 63.0 cm³/mol. The zero-order valence-electron chi connectivity index (χ0n) is 9.67. The molecule has 1 aliphatic heterocycles. The third-order valence-corrected chi connectivity index (χ3v) is 2.76. The number of nitrogens with one attached hydrogen (secondary N) is 1. The van der Waals surface area contributed by atoms with Crippen molar-refractivity contribution < 1.29 is 4.92 Å². The number of anilines is 1. The molecule has 0 bridgehead atoms. The molecule has 0 spiro atoms. The van der Waals surface area contributed by atoms with Crippen molar-refractivity contribution in [1.82, 2.24) is 15.3 Å². The van der Waals surface area contributed by atoms with Crippen LogP contribution in [0.5, 0.6) is 0 Å². The summed E-state index contributed by atoms with van der Waals surface area (Å²) in [6, 6.07) is 0.399. The Morgan fingerprint density at radius 1 is 1.53 bits per heavy atom. The largest absolute Gasteiger partial charge is 0.335 e. The Morgan fingerprint density at radius 2 is 2.18 bits per heavy atom. The van der Waals surface area contributed by atoms with Gasteiger partial charge in [-0.3, -0.25) is 10.1 Å². The Morgan fingerprint density at radius 3 is 2.59 bits per heavy atom. The van der Waals surface area contributed by atoms with E-state index in [1.165, 1.54) is 12.4 Å². The van der Waals surface area contributed by atoms with Gasteiger partial charge in [-0.05, 0) is 6.42 Å². The van der Waals surface area contributed by atoms with Crippen LogP contribution in [-0.2, 0) is 0 Å². The van der Waals surface area contributed by atoms with Crippen LogP contribution in [-0.4, -0.2) is 40.6 Å². The standard InChI is InChI=1S/C10H15N5O2/c1-2-3-14(8-4-11-5-8)10-12-6-9(7-13-10)15(16)17/h6-8,11H,2-5H2,1H3. The zero-order chi connectivity index (χ0) is 12.3. The van der Waals surface area contributed by atoms with E-state index >= 15 is 0 Å². The lowest BCUT2D eigenvalue weighted by atomic mass is 10.1. The summed E-state index contributed by atoms with van der Waals surface area (Å²) in [7, 11) is 0. The van der Waals surface area contributed by atoms with Crippen LogP contribution in [0.4, 0.5) is 11.6 Å². The van der Waals surface area contributed by atoms with Crippen molar-refractivity contribution in [2.24, 2.45) is 0 Å². The molecule has 0 aromatic carbocycles. The molecule has 0 saturated carbocycles. The average Bonchev–Trinajstić information content (AvgIpc) is 2.26. The lowest BCUT2D eigenvalue weighted by Crippen LogP contribution is -2.58. The molecule has 0 radical (unpaired) electrons. The third kappa shape index (κ3) is 2.50. The summed E-state index contributed by atoms with van der Waals surface area (Å²) < 4.78 is 0. The summed E-state index contributed by atoms with van der Waals surface area (Å²) in [5.74, 6) is 0.573. The van der Waals surface area contributed by atoms with E-state index in [0.29, 0.717) is 12.0 Å². The molecule has 1 aromatic rings. The van der Waals surface area contributed by atoms with Crippen LogP contribution in [0.3, 0.4) is 0 Å². The van der Waals surface area contributed by atoms with Gasteiger partial charge in [0.2, 0.25) is 5.95 Å². The molecule has 92 valence electrons. The Balaban J connectivity index is 2.14. The highest BCUT2D eigenvalue weighted by Crippen LogP contribution is 2.16.